The molecule has 0 aliphatic carbocycles. The lowest BCUT2D eigenvalue weighted by Crippen LogP contribution is -2.22. The molecule has 0 saturated carbocycles. The fourth-order valence-electron chi connectivity index (χ4n) is 0.767. The number of anilines is 1. The minimum atomic E-state index is 0.0906. The van der Waals surface area contributed by atoms with Crippen LogP contribution in [0.25, 0.3) is 0 Å². The SMILES string of the molecule is CC(C)C(C)Nc1nc(Cl)nnc1Cl. The molecule has 1 aromatic heterocycles. The van der Waals surface area contributed by atoms with Gasteiger partial charge in [0.05, 0.1) is 0 Å². The first-order chi connectivity index (χ1) is 6.50. The van der Waals surface area contributed by atoms with Crippen LogP contribution >= 0.6 is 23.2 Å². The molecule has 0 aliphatic heterocycles. The maximum absolute atomic E-state index is 5.79. The molecule has 1 rings (SSSR count). The first kappa shape index (κ1) is 11.5. The Labute approximate surface area is 93.0 Å². The average molecular weight is 235 g/mol. The molecule has 4 nitrogen and oxygen atoms in total. The Kier molecular flexibility index (Phi) is 3.89. The van der Waals surface area contributed by atoms with Crippen LogP contribution < -0.4 is 5.32 Å². The number of aromatic nitrogens is 3. The lowest BCUT2D eigenvalue weighted by molar-refractivity contribution is 0.557. The van der Waals surface area contributed by atoms with Crippen molar-refractivity contribution < 1.29 is 0 Å². The van der Waals surface area contributed by atoms with Crippen molar-refractivity contribution in [1.29, 1.82) is 0 Å². The van der Waals surface area contributed by atoms with Gasteiger partial charge in [0.25, 0.3) is 0 Å². The third kappa shape index (κ3) is 2.96. The van der Waals surface area contributed by atoms with Gasteiger partial charge in [0.1, 0.15) is 0 Å². The lowest BCUT2D eigenvalue weighted by atomic mass is 10.1. The third-order valence-electron chi connectivity index (χ3n) is 1.98. The normalized spacial score (nSPS) is 13.0. The van der Waals surface area contributed by atoms with Crippen LogP contribution in [0, 0.1) is 5.92 Å². The number of halogens is 2. The average Bonchev–Trinajstić information content (AvgIpc) is 2.11. The highest BCUT2D eigenvalue weighted by Gasteiger charge is 2.11. The Morgan fingerprint density at radius 2 is 1.79 bits per heavy atom. The number of rotatable bonds is 3. The van der Waals surface area contributed by atoms with Gasteiger partial charge in [-0.3, -0.25) is 0 Å². The summed E-state index contributed by atoms with van der Waals surface area (Å²) in [4.78, 5) is 3.94. The number of nitrogens with one attached hydrogen (secondary N) is 1. The van der Waals surface area contributed by atoms with Crippen molar-refractivity contribution in [2.24, 2.45) is 5.92 Å². The topological polar surface area (TPSA) is 50.7 Å². The van der Waals surface area contributed by atoms with E-state index in [-0.39, 0.29) is 16.5 Å². The zero-order valence-corrected chi connectivity index (χ0v) is 9.76. The second-order valence-electron chi connectivity index (χ2n) is 3.40. The molecule has 1 atom stereocenters. The van der Waals surface area contributed by atoms with E-state index in [2.05, 4.69) is 34.3 Å². The standard InChI is InChI=1S/C8H12Cl2N4/c1-4(2)5(3)11-7-6(9)13-14-8(10)12-7/h4-5H,1-3H3,(H,11,12,14). The fourth-order valence-corrected chi connectivity index (χ4v) is 1.02. The molecule has 0 aliphatic rings. The molecule has 1 heterocycles. The van der Waals surface area contributed by atoms with Crippen LogP contribution in [-0.4, -0.2) is 21.2 Å². The Morgan fingerprint density at radius 1 is 1.14 bits per heavy atom. The van der Waals surface area contributed by atoms with Crippen LogP contribution in [0.2, 0.25) is 10.4 Å². The van der Waals surface area contributed by atoms with Gasteiger partial charge in [-0.25, -0.2) is 0 Å². The summed E-state index contributed by atoms with van der Waals surface area (Å²) in [6.45, 7) is 6.24. The summed E-state index contributed by atoms with van der Waals surface area (Å²) in [7, 11) is 0. The fraction of sp³-hybridized carbons (Fsp3) is 0.625. The highest BCUT2D eigenvalue weighted by atomic mass is 35.5. The van der Waals surface area contributed by atoms with Gasteiger partial charge in [-0.1, -0.05) is 25.4 Å². The summed E-state index contributed by atoms with van der Waals surface area (Å²) in [6.07, 6.45) is 0. The van der Waals surface area contributed by atoms with E-state index in [1.807, 2.05) is 6.92 Å². The van der Waals surface area contributed by atoms with E-state index in [0.717, 1.165) is 0 Å². The van der Waals surface area contributed by atoms with Crippen molar-refractivity contribution in [2.45, 2.75) is 26.8 Å². The molecule has 78 valence electrons. The monoisotopic (exact) mass is 234 g/mol. The molecule has 0 aromatic carbocycles. The zero-order valence-electron chi connectivity index (χ0n) is 8.25. The Morgan fingerprint density at radius 3 is 2.36 bits per heavy atom. The quantitative estimate of drug-likeness (QED) is 0.874. The molecule has 1 N–H and O–H groups in total. The van der Waals surface area contributed by atoms with Gasteiger partial charge in [0.2, 0.25) is 5.28 Å². The summed E-state index contributed by atoms with van der Waals surface area (Å²) < 4.78 is 0. The van der Waals surface area contributed by atoms with Crippen LogP contribution in [0.5, 0.6) is 0 Å². The van der Waals surface area contributed by atoms with Crippen molar-refractivity contribution in [1.82, 2.24) is 15.2 Å². The van der Waals surface area contributed by atoms with E-state index >= 15 is 0 Å². The lowest BCUT2D eigenvalue weighted by Gasteiger charge is -2.17. The van der Waals surface area contributed by atoms with E-state index in [1.165, 1.54) is 0 Å². The van der Waals surface area contributed by atoms with Crippen LogP contribution in [0.4, 0.5) is 5.82 Å². The van der Waals surface area contributed by atoms with Gasteiger partial charge in [-0.05, 0) is 24.4 Å². The summed E-state index contributed by atoms with van der Waals surface area (Å²) in [6, 6.07) is 0.250. The molecule has 1 aromatic rings. The summed E-state index contributed by atoms with van der Waals surface area (Å²) in [5.74, 6) is 0.952. The van der Waals surface area contributed by atoms with Gasteiger partial charge in [-0.2, -0.15) is 4.98 Å². The molecular weight excluding hydrogens is 223 g/mol. The largest absolute Gasteiger partial charge is 0.365 e. The molecule has 0 bridgehead atoms. The van der Waals surface area contributed by atoms with Crippen molar-refractivity contribution >= 4 is 29.0 Å². The molecule has 1 unspecified atom stereocenters. The molecule has 6 heteroatoms. The van der Waals surface area contributed by atoms with E-state index in [1.54, 1.807) is 0 Å². The second kappa shape index (κ2) is 4.75. The Bertz CT molecular complexity index is 316. The van der Waals surface area contributed by atoms with Crippen LogP contribution in [-0.2, 0) is 0 Å². The minimum absolute atomic E-state index is 0.0906. The number of hydrogen-bond acceptors (Lipinski definition) is 4. The van der Waals surface area contributed by atoms with Gasteiger partial charge in [0.15, 0.2) is 11.0 Å². The molecule has 0 fully saturated rings. The van der Waals surface area contributed by atoms with Gasteiger partial charge < -0.3 is 5.32 Å². The zero-order chi connectivity index (χ0) is 10.7. The summed E-state index contributed by atoms with van der Waals surface area (Å²) in [5.41, 5.74) is 0. The number of hydrogen-bond donors (Lipinski definition) is 1. The van der Waals surface area contributed by atoms with E-state index in [4.69, 9.17) is 23.2 Å². The van der Waals surface area contributed by atoms with Gasteiger partial charge in [0, 0.05) is 6.04 Å². The van der Waals surface area contributed by atoms with Crippen molar-refractivity contribution in [3.05, 3.63) is 10.4 Å². The maximum atomic E-state index is 5.79. The number of nitrogens with zero attached hydrogens (tertiary/aromatic N) is 3. The van der Waals surface area contributed by atoms with Gasteiger partial charge in [-0.15, -0.1) is 10.2 Å². The van der Waals surface area contributed by atoms with Crippen LogP contribution in [0.1, 0.15) is 20.8 Å². The van der Waals surface area contributed by atoms with Crippen molar-refractivity contribution in [3.8, 4) is 0 Å². The smallest absolute Gasteiger partial charge is 0.245 e. The Balaban J connectivity index is 2.80. The predicted octanol–water partition coefficient (Wildman–Crippen LogP) is 2.63. The van der Waals surface area contributed by atoms with Gasteiger partial charge >= 0.3 is 0 Å². The van der Waals surface area contributed by atoms with E-state index in [9.17, 15) is 0 Å². The van der Waals surface area contributed by atoms with E-state index < -0.39 is 0 Å². The molecule has 0 amide bonds. The second-order valence-corrected chi connectivity index (χ2v) is 4.09. The molecule has 14 heavy (non-hydrogen) atoms. The molecule has 0 radical (unpaired) electrons. The molecular formula is C8H12Cl2N4. The predicted molar refractivity (Wildman–Crippen MR) is 57.8 cm³/mol. The maximum Gasteiger partial charge on any atom is 0.245 e. The molecule has 0 spiro atoms. The first-order valence-electron chi connectivity index (χ1n) is 4.33. The summed E-state index contributed by atoms with van der Waals surface area (Å²) >= 11 is 11.4. The van der Waals surface area contributed by atoms with Crippen molar-refractivity contribution in [3.63, 3.8) is 0 Å². The Hall–Kier alpha value is -0.610. The first-order valence-corrected chi connectivity index (χ1v) is 5.08. The third-order valence-corrected chi connectivity index (χ3v) is 2.40. The van der Waals surface area contributed by atoms with Crippen LogP contribution in [0.15, 0.2) is 0 Å². The van der Waals surface area contributed by atoms with Crippen LogP contribution in [0.3, 0.4) is 0 Å². The van der Waals surface area contributed by atoms with Crippen molar-refractivity contribution in [2.75, 3.05) is 5.32 Å². The highest BCUT2D eigenvalue weighted by molar-refractivity contribution is 6.32. The minimum Gasteiger partial charge on any atom is -0.365 e. The molecule has 0 saturated heterocycles. The summed E-state index contributed by atoms with van der Waals surface area (Å²) in [5, 5.41) is 10.6. The van der Waals surface area contributed by atoms with E-state index in [0.29, 0.717) is 11.7 Å². The highest BCUT2D eigenvalue weighted by Crippen LogP contribution is 2.18.